The standard InChI is InChI=1S/C18H25N3O6/c1-6-11(21-27-7-2)15-12(22)8-10(9-13(15)23)14-16(24-3)19-18(26-5)20-17(14)25-4/h10,22H,6-9H2,1-5H3. The van der Waals surface area contributed by atoms with E-state index in [1.807, 2.05) is 6.92 Å². The smallest absolute Gasteiger partial charge is 0.322 e. The van der Waals surface area contributed by atoms with Gasteiger partial charge in [-0.3, -0.25) is 4.79 Å². The Labute approximate surface area is 158 Å². The number of aromatic nitrogens is 2. The Morgan fingerprint density at radius 1 is 1.11 bits per heavy atom. The van der Waals surface area contributed by atoms with E-state index in [1.54, 1.807) is 6.92 Å². The van der Waals surface area contributed by atoms with Crippen LogP contribution in [0.25, 0.3) is 0 Å². The van der Waals surface area contributed by atoms with Crippen LogP contribution in [0.1, 0.15) is 44.6 Å². The Balaban J connectivity index is 2.46. The van der Waals surface area contributed by atoms with Crippen LogP contribution in [0.3, 0.4) is 0 Å². The quantitative estimate of drug-likeness (QED) is 0.542. The van der Waals surface area contributed by atoms with E-state index in [4.69, 9.17) is 19.0 Å². The van der Waals surface area contributed by atoms with Gasteiger partial charge in [0.15, 0.2) is 5.78 Å². The average Bonchev–Trinajstić information content (AvgIpc) is 2.68. The molecule has 0 aromatic carbocycles. The van der Waals surface area contributed by atoms with Crippen LogP contribution in [0.4, 0.5) is 0 Å². The van der Waals surface area contributed by atoms with Crippen molar-refractivity contribution >= 4 is 11.5 Å². The van der Waals surface area contributed by atoms with Gasteiger partial charge in [0.25, 0.3) is 0 Å². The lowest BCUT2D eigenvalue weighted by molar-refractivity contribution is -0.116. The number of carbonyl (C=O) groups excluding carboxylic acids is 1. The van der Waals surface area contributed by atoms with Crippen LogP contribution in [0, 0.1) is 0 Å². The first-order valence-electron chi connectivity index (χ1n) is 8.68. The van der Waals surface area contributed by atoms with Crippen molar-refractivity contribution in [2.75, 3.05) is 27.9 Å². The lowest BCUT2D eigenvalue weighted by atomic mass is 9.81. The summed E-state index contributed by atoms with van der Waals surface area (Å²) in [4.78, 5) is 26.2. The molecule has 1 unspecified atom stereocenters. The van der Waals surface area contributed by atoms with Gasteiger partial charge in [-0.1, -0.05) is 12.1 Å². The number of Topliss-reactive ketones (excluding diaryl/α,β-unsaturated/α-hetero) is 1. The average molecular weight is 379 g/mol. The van der Waals surface area contributed by atoms with E-state index >= 15 is 0 Å². The van der Waals surface area contributed by atoms with Crippen molar-refractivity contribution in [3.05, 3.63) is 16.9 Å². The Bertz CT molecular complexity index is 734. The molecule has 9 nitrogen and oxygen atoms in total. The van der Waals surface area contributed by atoms with E-state index in [1.165, 1.54) is 21.3 Å². The Morgan fingerprint density at radius 2 is 1.74 bits per heavy atom. The summed E-state index contributed by atoms with van der Waals surface area (Å²) < 4.78 is 15.7. The number of rotatable bonds is 8. The van der Waals surface area contributed by atoms with E-state index in [0.29, 0.717) is 24.3 Å². The van der Waals surface area contributed by atoms with Crippen molar-refractivity contribution in [3.63, 3.8) is 0 Å². The molecule has 1 aromatic heterocycles. The highest BCUT2D eigenvalue weighted by molar-refractivity contribution is 6.23. The zero-order chi connectivity index (χ0) is 20.0. The van der Waals surface area contributed by atoms with Crippen LogP contribution in [0.5, 0.6) is 17.8 Å². The predicted molar refractivity (Wildman–Crippen MR) is 97.7 cm³/mol. The Kier molecular flexibility index (Phi) is 6.98. The first-order chi connectivity index (χ1) is 13.0. The molecule has 2 rings (SSSR count). The SMILES string of the molecule is CCON=C(CC)C1=C(O)CC(c2c(OC)nc(OC)nc2OC)CC1=O. The minimum atomic E-state index is -0.401. The summed E-state index contributed by atoms with van der Waals surface area (Å²) in [5.41, 5.74) is 1.16. The van der Waals surface area contributed by atoms with Crippen LogP contribution in [0.2, 0.25) is 0 Å². The number of hydrogen-bond donors (Lipinski definition) is 1. The van der Waals surface area contributed by atoms with E-state index in [0.717, 1.165) is 0 Å². The summed E-state index contributed by atoms with van der Waals surface area (Å²) in [5, 5.41) is 14.5. The maximum Gasteiger partial charge on any atom is 0.322 e. The molecule has 0 saturated carbocycles. The largest absolute Gasteiger partial charge is 0.511 e. The molecule has 1 aliphatic rings. The molecule has 1 N–H and O–H groups in total. The molecule has 1 heterocycles. The number of aliphatic hydroxyl groups excluding tert-OH is 1. The van der Waals surface area contributed by atoms with Gasteiger partial charge in [0.05, 0.1) is 38.2 Å². The lowest BCUT2D eigenvalue weighted by Gasteiger charge is -2.25. The van der Waals surface area contributed by atoms with E-state index in [-0.39, 0.29) is 47.7 Å². The molecule has 1 aromatic rings. The van der Waals surface area contributed by atoms with E-state index in [9.17, 15) is 9.90 Å². The van der Waals surface area contributed by atoms with Crippen molar-refractivity contribution in [2.24, 2.45) is 5.16 Å². The van der Waals surface area contributed by atoms with Crippen LogP contribution in [-0.4, -0.2) is 54.5 Å². The first-order valence-corrected chi connectivity index (χ1v) is 8.68. The Morgan fingerprint density at radius 3 is 2.19 bits per heavy atom. The third-order valence-electron chi connectivity index (χ3n) is 4.20. The summed E-state index contributed by atoms with van der Waals surface area (Å²) in [6.07, 6.45) is 0.801. The third kappa shape index (κ3) is 4.29. The van der Waals surface area contributed by atoms with Gasteiger partial charge >= 0.3 is 6.01 Å². The van der Waals surface area contributed by atoms with Crippen molar-refractivity contribution in [2.45, 2.75) is 39.0 Å². The minimum absolute atomic E-state index is 0.0449. The molecule has 148 valence electrons. The molecule has 0 radical (unpaired) electrons. The molecule has 27 heavy (non-hydrogen) atoms. The van der Waals surface area contributed by atoms with Gasteiger partial charge < -0.3 is 24.2 Å². The van der Waals surface area contributed by atoms with Crippen molar-refractivity contribution in [3.8, 4) is 17.8 Å². The molecule has 0 bridgehead atoms. The fourth-order valence-corrected chi connectivity index (χ4v) is 3.02. The van der Waals surface area contributed by atoms with Crippen LogP contribution in [0.15, 0.2) is 16.5 Å². The number of hydrogen-bond acceptors (Lipinski definition) is 9. The number of carbonyl (C=O) groups is 1. The minimum Gasteiger partial charge on any atom is -0.511 e. The van der Waals surface area contributed by atoms with Gasteiger partial charge in [0.1, 0.15) is 12.4 Å². The van der Waals surface area contributed by atoms with Gasteiger partial charge in [-0.05, 0) is 13.3 Å². The number of ether oxygens (including phenoxy) is 3. The molecule has 0 spiro atoms. The van der Waals surface area contributed by atoms with Gasteiger partial charge in [-0.15, -0.1) is 0 Å². The monoisotopic (exact) mass is 379 g/mol. The number of aliphatic hydroxyl groups is 1. The highest BCUT2D eigenvalue weighted by Crippen LogP contribution is 2.42. The van der Waals surface area contributed by atoms with Gasteiger partial charge in [0, 0.05) is 18.8 Å². The second-order valence-corrected chi connectivity index (χ2v) is 5.80. The van der Waals surface area contributed by atoms with Crippen LogP contribution < -0.4 is 14.2 Å². The van der Waals surface area contributed by atoms with Gasteiger partial charge in [-0.2, -0.15) is 9.97 Å². The fourth-order valence-electron chi connectivity index (χ4n) is 3.02. The fraction of sp³-hybridized carbons (Fsp3) is 0.556. The normalized spacial score (nSPS) is 17.7. The summed E-state index contributed by atoms with van der Waals surface area (Å²) in [7, 11) is 4.35. The second kappa shape index (κ2) is 9.20. The second-order valence-electron chi connectivity index (χ2n) is 5.80. The van der Waals surface area contributed by atoms with E-state index < -0.39 is 5.92 Å². The molecule has 1 aliphatic carbocycles. The molecule has 0 aliphatic heterocycles. The van der Waals surface area contributed by atoms with Gasteiger partial charge in [-0.25, -0.2) is 0 Å². The number of ketones is 1. The van der Waals surface area contributed by atoms with Crippen LogP contribution in [-0.2, 0) is 9.63 Å². The zero-order valence-electron chi connectivity index (χ0n) is 16.2. The molecular formula is C18H25N3O6. The van der Waals surface area contributed by atoms with Crippen molar-refractivity contribution < 1.29 is 28.9 Å². The van der Waals surface area contributed by atoms with Crippen molar-refractivity contribution in [1.29, 1.82) is 0 Å². The summed E-state index contributed by atoms with van der Waals surface area (Å²) in [5.74, 6) is -0.194. The maximum atomic E-state index is 12.8. The zero-order valence-corrected chi connectivity index (χ0v) is 16.2. The molecule has 9 heteroatoms. The molecule has 1 atom stereocenters. The lowest BCUT2D eigenvalue weighted by Crippen LogP contribution is -2.24. The van der Waals surface area contributed by atoms with Crippen LogP contribution >= 0.6 is 0 Å². The number of nitrogens with zero attached hydrogens (tertiary/aromatic N) is 3. The highest BCUT2D eigenvalue weighted by Gasteiger charge is 2.35. The van der Waals surface area contributed by atoms with Gasteiger partial charge in [0.2, 0.25) is 11.8 Å². The molecular weight excluding hydrogens is 354 g/mol. The molecule has 0 amide bonds. The number of allylic oxidation sites excluding steroid dienone is 2. The predicted octanol–water partition coefficient (Wildman–Crippen LogP) is 2.56. The Hall–Kier alpha value is -2.84. The summed E-state index contributed by atoms with van der Waals surface area (Å²) in [6.45, 7) is 4.03. The maximum absolute atomic E-state index is 12.8. The summed E-state index contributed by atoms with van der Waals surface area (Å²) >= 11 is 0. The molecule has 0 saturated heterocycles. The molecule has 0 fully saturated rings. The van der Waals surface area contributed by atoms with Crippen molar-refractivity contribution in [1.82, 2.24) is 9.97 Å². The number of oxime groups is 1. The summed E-state index contributed by atoms with van der Waals surface area (Å²) in [6, 6.07) is 0.0900. The third-order valence-corrected chi connectivity index (χ3v) is 4.20. The topological polar surface area (TPSA) is 112 Å². The first kappa shape index (κ1) is 20.5. The highest BCUT2D eigenvalue weighted by atomic mass is 16.6. The number of methoxy groups -OCH3 is 3. The van der Waals surface area contributed by atoms with E-state index in [2.05, 4.69) is 15.1 Å².